The number of Topliss-reactive ketones (excluding diaryl/α,β-unsaturated/α-hetero) is 1. The van der Waals surface area contributed by atoms with Crippen LogP contribution in [0.15, 0.2) is 78.5 Å². The van der Waals surface area contributed by atoms with E-state index in [1.807, 2.05) is 31.2 Å². The number of H-pyrrole nitrogens is 1. The highest BCUT2D eigenvalue weighted by atomic mass is 16.6. The molecule has 1 unspecified atom stereocenters. The maximum atomic E-state index is 13.5. The minimum absolute atomic E-state index is 0.000292. The Balaban J connectivity index is 1.54. The van der Waals surface area contributed by atoms with E-state index in [1.54, 1.807) is 48.7 Å². The van der Waals surface area contributed by atoms with Crippen molar-refractivity contribution in [2.45, 2.75) is 13.0 Å². The summed E-state index contributed by atoms with van der Waals surface area (Å²) < 4.78 is 16.8. The summed E-state index contributed by atoms with van der Waals surface area (Å²) >= 11 is 0. The number of anilines is 1. The number of nitrogens with one attached hydrogen (secondary N) is 1. The van der Waals surface area contributed by atoms with Crippen LogP contribution in [0.1, 0.15) is 24.1 Å². The second kappa shape index (κ2) is 9.05. The second-order valence-corrected chi connectivity index (χ2v) is 8.74. The number of aliphatic hydroxyl groups is 1. The van der Waals surface area contributed by atoms with Gasteiger partial charge in [-0.25, -0.2) is 0 Å². The lowest BCUT2D eigenvalue weighted by Crippen LogP contribution is -2.29. The van der Waals surface area contributed by atoms with Crippen molar-refractivity contribution in [1.29, 1.82) is 0 Å². The summed E-state index contributed by atoms with van der Waals surface area (Å²) in [4.78, 5) is 31.6. The average molecular weight is 497 g/mol. The van der Waals surface area contributed by atoms with Gasteiger partial charge in [-0.15, -0.1) is 0 Å². The lowest BCUT2D eigenvalue weighted by atomic mass is 9.94. The Morgan fingerprint density at radius 1 is 1.03 bits per heavy atom. The number of benzene rings is 3. The molecule has 186 valence electrons. The monoisotopic (exact) mass is 496 g/mol. The summed E-state index contributed by atoms with van der Waals surface area (Å²) in [5.41, 5.74) is 2.43. The second-order valence-electron chi connectivity index (χ2n) is 8.74. The quantitative estimate of drug-likeness (QED) is 0.230. The lowest BCUT2D eigenvalue weighted by molar-refractivity contribution is -0.132. The van der Waals surface area contributed by atoms with Crippen molar-refractivity contribution in [1.82, 2.24) is 4.98 Å². The van der Waals surface area contributed by atoms with Crippen LogP contribution in [0.25, 0.3) is 16.7 Å². The van der Waals surface area contributed by atoms with Crippen molar-refractivity contribution < 1.29 is 28.9 Å². The molecule has 2 N–H and O–H groups in total. The molecule has 0 spiro atoms. The van der Waals surface area contributed by atoms with Crippen molar-refractivity contribution in [3.05, 3.63) is 89.6 Å². The summed E-state index contributed by atoms with van der Waals surface area (Å²) in [6, 6.07) is 18.7. The SMILES string of the molecule is CCOc1ccc(N2C(=O)C(=O)/C(=C(/O)c3ccc4c(c3)OCCO4)C2c2c[nH]c3ccccc23)cc1. The number of nitrogens with zero attached hydrogens (tertiary/aromatic N) is 1. The number of amides is 1. The number of aliphatic hydroxyl groups excluding tert-OH is 1. The number of ketones is 1. The van der Waals surface area contributed by atoms with E-state index in [-0.39, 0.29) is 11.3 Å². The normalized spacial score (nSPS) is 18.4. The standard InChI is InChI=1S/C29H24N2O6/c1-2-35-19-10-8-18(9-11-19)31-26(21-16-30-22-6-4-3-5-20(21)22)25(28(33)29(31)34)27(32)17-7-12-23-24(15-17)37-14-13-36-23/h3-12,15-16,26,30,32H,2,13-14H2,1H3/b27-25+. The number of aromatic nitrogens is 1. The average Bonchev–Trinajstić information content (AvgIpc) is 3.47. The van der Waals surface area contributed by atoms with E-state index in [4.69, 9.17) is 14.2 Å². The first-order chi connectivity index (χ1) is 18.1. The third kappa shape index (κ3) is 3.78. The lowest BCUT2D eigenvalue weighted by Gasteiger charge is -2.25. The minimum Gasteiger partial charge on any atom is -0.507 e. The van der Waals surface area contributed by atoms with Crippen LogP contribution in [0, 0.1) is 0 Å². The molecule has 1 aromatic heterocycles. The summed E-state index contributed by atoms with van der Waals surface area (Å²) in [5.74, 6) is -0.0811. The van der Waals surface area contributed by atoms with Gasteiger partial charge in [-0.1, -0.05) is 18.2 Å². The summed E-state index contributed by atoms with van der Waals surface area (Å²) in [7, 11) is 0. The molecule has 0 aliphatic carbocycles. The Labute approximate surface area is 212 Å². The molecule has 3 aromatic carbocycles. The Hall–Kier alpha value is -4.72. The third-order valence-corrected chi connectivity index (χ3v) is 6.60. The van der Waals surface area contributed by atoms with Crippen LogP contribution >= 0.6 is 0 Å². The first kappa shape index (κ1) is 22.7. The Morgan fingerprint density at radius 2 is 1.78 bits per heavy atom. The number of carbonyl (C=O) groups is 2. The Kier molecular flexibility index (Phi) is 5.56. The topological polar surface area (TPSA) is 101 Å². The highest BCUT2D eigenvalue weighted by Crippen LogP contribution is 2.45. The number of ether oxygens (including phenoxy) is 3. The van der Waals surface area contributed by atoms with Gasteiger partial charge in [0.05, 0.1) is 18.2 Å². The molecule has 1 amide bonds. The van der Waals surface area contributed by atoms with Gasteiger partial charge in [0.15, 0.2) is 11.5 Å². The van der Waals surface area contributed by atoms with E-state index < -0.39 is 17.7 Å². The van der Waals surface area contributed by atoms with E-state index in [2.05, 4.69) is 4.98 Å². The fraction of sp³-hybridized carbons (Fsp3) is 0.172. The Morgan fingerprint density at radius 3 is 2.57 bits per heavy atom. The summed E-state index contributed by atoms with van der Waals surface area (Å²) in [6.07, 6.45) is 1.78. The smallest absolute Gasteiger partial charge is 0.300 e. The number of fused-ring (bicyclic) bond motifs is 2. The molecule has 2 aliphatic rings. The fourth-order valence-electron chi connectivity index (χ4n) is 4.93. The molecule has 0 bridgehead atoms. The van der Waals surface area contributed by atoms with Gasteiger partial charge in [0.2, 0.25) is 0 Å². The molecular weight excluding hydrogens is 472 g/mol. The van der Waals surface area contributed by atoms with Gasteiger partial charge in [0.1, 0.15) is 24.7 Å². The number of aromatic amines is 1. The molecule has 4 aromatic rings. The summed E-state index contributed by atoms with van der Waals surface area (Å²) in [5, 5.41) is 12.3. The molecule has 2 aliphatic heterocycles. The minimum atomic E-state index is -0.859. The number of carbonyl (C=O) groups excluding carboxylic acids is 2. The molecule has 3 heterocycles. The maximum absolute atomic E-state index is 13.5. The van der Waals surface area contributed by atoms with E-state index in [0.29, 0.717) is 53.9 Å². The Bertz CT molecular complexity index is 1550. The van der Waals surface area contributed by atoms with Crippen LogP contribution in [-0.2, 0) is 9.59 Å². The molecule has 1 saturated heterocycles. The third-order valence-electron chi connectivity index (χ3n) is 6.60. The molecule has 1 atom stereocenters. The highest BCUT2D eigenvalue weighted by Gasteiger charge is 2.47. The van der Waals surface area contributed by atoms with E-state index in [1.165, 1.54) is 4.90 Å². The molecular formula is C29H24N2O6. The van der Waals surface area contributed by atoms with Gasteiger partial charge in [-0.3, -0.25) is 14.5 Å². The van der Waals surface area contributed by atoms with Crippen LogP contribution in [0.4, 0.5) is 5.69 Å². The van der Waals surface area contributed by atoms with Crippen molar-refractivity contribution in [3.8, 4) is 17.2 Å². The van der Waals surface area contributed by atoms with Gasteiger partial charge in [0.25, 0.3) is 11.7 Å². The van der Waals surface area contributed by atoms with Gasteiger partial charge < -0.3 is 24.3 Å². The van der Waals surface area contributed by atoms with Crippen LogP contribution in [0.3, 0.4) is 0 Å². The fourth-order valence-corrected chi connectivity index (χ4v) is 4.93. The zero-order valence-corrected chi connectivity index (χ0v) is 20.1. The molecule has 0 saturated carbocycles. The van der Waals surface area contributed by atoms with E-state index >= 15 is 0 Å². The largest absolute Gasteiger partial charge is 0.507 e. The first-order valence-electron chi connectivity index (χ1n) is 12.1. The van der Waals surface area contributed by atoms with Gasteiger partial charge in [-0.2, -0.15) is 0 Å². The molecule has 8 nitrogen and oxygen atoms in total. The predicted octanol–water partition coefficient (Wildman–Crippen LogP) is 4.96. The van der Waals surface area contributed by atoms with Crippen molar-refractivity contribution >= 4 is 34.0 Å². The van der Waals surface area contributed by atoms with E-state index in [9.17, 15) is 14.7 Å². The predicted molar refractivity (Wildman–Crippen MR) is 138 cm³/mol. The first-order valence-corrected chi connectivity index (χ1v) is 12.1. The molecule has 0 radical (unpaired) electrons. The van der Waals surface area contributed by atoms with Crippen LogP contribution in [-0.4, -0.2) is 41.6 Å². The number of hydrogen-bond donors (Lipinski definition) is 2. The van der Waals surface area contributed by atoms with Crippen molar-refractivity contribution in [3.63, 3.8) is 0 Å². The molecule has 37 heavy (non-hydrogen) atoms. The van der Waals surface area contributed by atoms with Crippen LogP contribution < -0.4 is 19.1 Å². The van der Waals surface area contributed by atoms with Crippen molar-refractivity contribution in [2.75, 3.05) is 24.7 Å². The molecule has 8 heteroatoms. The maximum Gasteiger partial charge on any atom is 0.300 e. The highest BCUT2D eigenvalue weighted by molar-refractivity contribution is 6.51. The number of rotatable bonds is 5. The van der Waals surface area contributed by atoms with E-state index in [0.717, 1.165) is 10.9 Å². The number of hydrogen-bond acceptors (Lipinski definition) is 6. The molecule has 1 fully saturated rings. The zero-order valence-electron chi connectivity index (χ0n) is 20.1. The van der Waals surface area contributed by atoms with Gasteiger partial charge in [0, 0.05) is 33.9 Å². The number of para-hydroxylation sites is 1. The molecule has 6 rings (SSSR count). The summed E-state index contributed by atoms with van der Waals surface area (Å²) in [6.45, 7) is 3.22. The van der Waals surface area contributed by atoms with Gasteiger partial charge in [-0.05, 0) is 55.5 Å². The van der Waals surface area contributed by atoms with Gasteiger partial charge >= 0.3 is 0 Å². The zero-order chi connectivity index (χ0) is 25.5. The van der Waals surface area contributed by atoms with Crippen LogP contribution in [0.2, 0.25) is 0 Å². The van der Waals surface area contributed by atoms with Crippen LogP contribution in [0.5, 0.6) is 17.2 Å². The van der Waals surface area contributed by atoms with Crippen molar-refractivity contribution in [2.24, 2.45) is 0 Å².